The van der Waals surface area contributed by atoms with Crippen LogP contribution >= 0.6 is 37.0 Å². The van der Waals surface area contributed by atoms with Gasteiger partial charge in [-0.25, -0.2) is 0 Å². The highest BCUT2D eigenvalue weighted by Crippen LogP contribution is 2.33. The van der Waals surface area contributed by atoms with Crippen molar-refractivity contribution in [1.82, 2.24) is 10.2 Å². The Bertz CT molecular complexity index is 808. The van der Waals surface area contributed by atoms with Crippen LogP contribution in [-0.4, -0.2) is 41.6 Å². The van der Waals surface area contributed by atoms with Crippen molar-refractivity contribution in [2.45, 2.75) is 60.1 Å². The Kier molecular flexibility index (Phi) is 9.50. The van der Waals surface area contributed by atoms with Gasteiger partial charge in [0, 0.05) is 51.2 Å². The van der Waals surface area contributed by atoms with E-state index in [9.17, 15) is 0 Å². The molecule has 0 amide bonds. The van der Waals surface area contributed by atoms with E-state index in [4.69, 9.17) is 0 Å². The van der Waals surface area contributed by atoms with E-state index in [1.165, 1.54) is 20.9 Å². The summed E-state index contributed by atoms with van der Waals surface area (Å²) in [5, 5.41) is 7.13. The van der Waals surface area contributed by atoms with E-state index in [0.717, 1.165) is 31.9 Å². The molecule has 2 N–H and O–H groups in total. The molecule has 0 radical (unpaired) electrons. The van der Waals surface area contributed by atoms with Gasteiger partial charge in [-0.2, -0.15) is 25.3 Å². The molecule has 2 aromatic carbocycles. The molecule has 0 bridgehead atoms. The minimum Gasteiger partial charge on any atom is -0.383 e. The largest absolute Gasteiger partial charge is 0.383 e. The number of hydrogen-bond acceptors (Lipinski definition) is 6. The molecule has 166 valence electrons. The minimum atomic E-state index is -0.0731. The topological polar surface area (TPSA) is 27.3 Å². The van der Waals surface area contributed by atoms with Gasteiger partial charge in [0.15, 0.2) is 0 Å². The summed E-state index contributed by atoms with van der Waals surface area (Å²) in [7, 11) is 4.22. The lowest BCUT2D eigenvalue weighted by molar-refractivity contribution is 0.399. The number of nitrogens with one attached hydrogen (secondary N) is 2. The first kappa shape index (κ1) is 25.5. The van der Waals surface area contributed by atoms with Gasteiger partial charge in [-0.3, -0.25) is 0 Å². The molecule has 0 aliphatic heterocycles. The average molecular weight is 464 g/mol. The number of thiol groups is 2. The molecule has 0 unspecified atom stereocenters. The Morgan fingerprint density at radius 1 is 0.900 bits per heavy atom. The molecule has 3 nitrogen and oxygen atoms in total. The second-order valence-corrected chi connectivity index (χ2v) is 12.9. The maximum atomic E-state index is 4.66. The smallest absolute Gasteiger partial charge is 0.0387 e. The molecule has 30 heavy (non-hydrogen) atoms. The Hall–Kier alpha value is -0.790. The van der Waals surface area contributed by atoms with E-state index in [-0.39, 0.29) is 9.49 Å². The number of nitrogens with zero attached hydrogens (tertiary/aromatic N) is 1. The Labute approximate surface area is 198 Å². The molecule has 0 aliphatic rings. The summed E-state index contributed by atoms with van der Waals surface area (Å²) in [6.45, 7) is 11.9. The summed E-state index contributed by atoms with van der Waals surface area (Å²) in [6, 6.07) is 15.3. The molecule has 0 saturated carbocycles. The van der Waals surface area contributed by atoms with E-state index in [1.807, 2.05) is 11.8 Å². The van der Waals surface area contributed by atoms with Gasteiger partial charge in [0.1, 0.15) is 0 Å². The second-order valence-electron chi connectivity index (χ2n) is 9.35. The van der Waals surface area contributed by atoms with Crippen LogP contribution in [0.25, 0.3) is 0 Å². The molecular formula is C24H37N3S3. The molecule has 0 aliphatic carbocycles. The summed E-state index contributed by atoms with van der Waals surface area (Å²) < 4.78 is -0.117. The van der Waals surface area contributed by atoms with Gasteiger partial charge in [0.2, 0.25) is 0 Å². The third-order valence-corrected chi connectivity index (χ3v) is 5.77. The maximum absolute atomic E-state index is 4.66. The van der Waals surface area contributed by atoms with Crippen molar-refractivity contribution in [3.63, 3.8) is 0 Å². The second kappa shape index (κ2) is 11.2. The predicted octanol–water partition coefficient (Wildman–Crippen LogP) is 5.82. The zero-order chi connectivity index (χ0) is 22.4. The Balaban J connectivity index is 2.23. The van der Waals surface area contributed by atoms with Crippen molar-refractivity contribution in [3.8, 4) is 0 Å². The molecule has 2 rings (SSSR count). The maximum Gasteiger partial charge on any atom is 0.0387 e. The van der Waals surface area contributed by atoms with Crippen LogP contribution in [0.1, 0.15) is 38.8 Å². The normalized spacial score (nSPS) is 12.4. The molecule has 6 heteroatoms. The molecule has 0 saturated heterocycles. The van der Waals surface area contributed by atoms with Gasteiger partial charge < -0.3 is 15.5 Å². The minimum absolute atomic E-state index is 0.0435. The Morgan fingerprint density at radius 3 is 2.20 bits per heavy atom. The molecule has 0 spiro atoms. The predicted molar refractivity (Wildman–Crippen MR) is 141 cm³/mol. The monoisotopic (exact) mass is 463 g/mol. The highest BCUT2D eigenvalue weighted by molar-refractivity contribution is 7.99. The third kappa shape index (κ3) is 9.56. The van der Waals surface area contributed by atoms with Crippen LogP contribution in [0.5, 0.6) is 0 Å². The standard InChI is InChI=1S/C24H37N3S3/c1-23(2,28)16-25-14-19-13-20(11-12-21(19)26-17-24(3,4)29)30-22-10-8-7-9-18(22)15-27(5)6/h7-13,25-26,28-29H,14-17H2,1-6H3. The van der Waals surface area contributed by atoms with Crippen molar-refractivity contribution >= 4 is 42.7 Å². The first-order valence-corrected chi connectivity index (χ1v) is 12.1. The molecule has 0 atom stereocenters. The SMILES string of the molecule is CN(C)Cc1ccccc1Sc1ccc(NCC(C)(C)S)c(CNCC(C)(C)S)c1. The first-order chi connectivity index (χ1) is 13.9. The lowest BCUT2D eigenvalue weighted by Gasteiger charge is -2.22. The zero-order valence-corrected chi connectivity index (χ0v) is 21.7. The van der Waals surface area contributed by atoms with Crippen LogP contribution in [0.3, 0.4) is 0 Å². The van der Waals surface area contributed by atoms with E-state index >= 15 is 0 Å². The van der Waals surface area contributed by atoms with Crippen LogP contribution in [0.4, 0.5) is 5.69 Å². The van der Waals surface area contributed by atoms with Crippen molar-refractivity contribution in [2.75, 3.05) is 32.5 Å². The van der Waals surface area contributed by atoms with Gasteiger partial charge in [-0.15, -0.1) is 0 Å². The number of anilines is 1. The van der Waals surface area contributed by atoms with Crippen molar-refractivity contribution < 1.29 is 0 Å². The summed E-state index contributed by atoms with van der Waals surface area (Å²) in [4.78, 5) is 4.76. The summed E-state index contributed by atoms with van der Waals surface area (Å²) in [5.74, 6) is 0. The van der Waals surface area contributed by atoms with Crippen LogP contribution in [0.2, 0.25) is 0 Å². The molecular weight excluding hydrogens is 426 g/mol. The third-order valence-electron chi connectivity index (χ3n) is 4.35. The lowest BCUT2D eigenvalue weighted by atomic mass is 10.1. The molecule has 2 aromatic rings. The van der Waals surface area contributed by atoms with Crippen molar-refractivity contribution in [1.29, 1.82) is 0 Å². The fourth-order valence-electron chi connectivity index (χ4n) is 2.97. The quantitative estimate of drug-likeness (QED) is 0.316. The van der Waals surface area contributed by atoms with Crippen molar-refractivity contribution in [2.24, 2.45) is 0 Å². The highest BCUT2D eigenvalue weighted by atomic mass is 32.2. The van der Waals surface area contributed by atoms with Gasteiger partial charge in [-0.1, -0.05) is 30.0 Å². The number of rotatable bonds is 11. The molecule has 0 aromatic heterocycles. The summed E-state index contributed by atoms with van der Waals surface area (Å²) in [5.41, 5.74) is 3.77. The number of benzene rings is 2. The first-order valence-electron chi connectivity index (χ1n) is 10.4. The highest BCUT2D eigenvalue weighted by Gasteiger charge is 2.15. The van der Waals surface area contributed by atoms with Crippen LogP contribution in [0.15, 0.2) is 52.3 Å². The molecule has 0 heterocycles. The van der Waals surface area contributed by atoms with E-state index in [2.05, 4.69) is 125 Å². The lowest BCUT2D eigenvalue weighted by Crippen LogP contribution is -2.30. The summed E-state index contributed by atoms with van der Waals surface area (Å²) in [6.07, 6.45) is 0. The van der Waals surface area contributed by atoms with E-state index < -0.39 is 0 Å². The fourth-order valence-corrected chi connectivity index (χ4v) is 4.16. The van der Waals surface area contributed by atoms with Gasteiger partial charge in [-0.05, 0) is 77.2 Å². The van der Waals surface area contributed by atoms with E-state index in [0.29, 0.717) is 0 Å². The number of hydrogen-bond donors (Lipinski definition) is 4. The van der Waals surface area contributed by atoms with Gasteiger partial charge in [0.05, 0.1) is 0 Å². The molecule has 0 fully saturated rings. The van der Waals surface area contributed by atoms with Crippen LogP contribution in [-0.2, 0) is 13.1 Å². The van der Waals surface area contributed by atoms with Crippen LogP contribution < -0.4 is 10.6 Å². The van der Waals surface area contributed by atoms with E-state index in [1.54, 1.807) is 0 Å². The average Bonchev–Trinajstić information content (AvgIpc) is 2.60. The van der Waals surface area contributed by atoms with Crippen LogP contribution in [0, 0.1) is 0 Å². The van der Waals surface area contributed by atoms with Crippen molar-refractivity contribution in [3.05, 3.63) is 53.6 Å². The van der Waals surface area contributed by atoms with Gasteiger partial charge in [0.25, 0.3) is 0 Å². The fraction of sp³-hybridized carbons (Fsp3) is 0.500. The zero-order valence-electron chi connectivity index (χ0n) is 19.1. The summed E-state index contributed by atoms with van der Waals surface area (Å²) >= 11 is 11.1. The Morgan fingerprint density at radius 2 is 1.57 bits per heavy atom. The van der Waals surface area contributed by atoms with Gasteiger partial charge >= 0.3 is 0 Å².